The van der Waals surface area contributed by atoms with Gasteiger partial charge in [0, 0.05) is 17.7 Å². The highest BCUT2D eigenvalue weighted by molar-refractivity contribution is 6.58. The number of hydrogen-bond donors (Lipinski definition) is 3. The molecule has 0 aliphatic carbocycles. The van der Waals surface area contributed by atoms with Crippen molar-refractivity contribution in [1.29, 1.82) is 0 Å². The van der Waals surface area contributed by atoms with Crippen LogP contribution in [0.3, 0.4) is 0 Å². The number of amides is 1. The third kappa shape index (κ3) is 4.01. The molecule has 0 bridgehead atoms. The Kier molecular flexibility index (Phi) is 4.87. The van der Waals surface area contributed by atoms with E-state index in [-0.39, 0.29) is 5.91 Å². The quantitative estimate of drug-likeness (QED) is 0.537. The van der Waals surface area contributed by atoms with Gasteiger partial charge in [-0.15, -0.1) is 0 Å². The second kappa shape index (κ2) is 6.83. The summed E-state index contributed by atoms with van der Waals surface area (Å²) in [6, 6.07) is 12.9. The molecule has 0 fully saturated rings. The zero-order valence-electron chi connectivity index (χ0n) is 11.2. The van der Waals surface area contributed by atoms with Crippen LogP contribution >= 0.6 is 0 Å². The lowest BCUT2D eigenvalue weighted by atomic mass is 9.80. The first-order chi connectivity index (χ1) is 10.1. The Morgan fingerprint density at radius 2 is 1.67 bits per heavy atom. The van der Waals surface area contributed by atoms with Crippen LogP contribution in [-0.4, -0.2) is 29.4 Å². The Balaban J connectivity index is 1.95. The van der Waals surface area contributed by atoms with E-state index in [1.165, 1.54) is 0 Å². The SMILES string of the molecule is O=Cc1ccc(C(=O)NCc2ccc(B(O)O)cc2)cc1. The molecule has 106 valence electrons. The Morgan fingerprint density at radius 3 is 2.19 bits per heavy atom. The van der Waals surface area contributed by atoms with Crippen molar-refractivity contribution in [2.24, 2.45) is 0 Å². The van der Waals surface area contributed by atoms with E-state index in [0.29, 0.717) is 23.1 Å². The molecule has 0 spiro atoms. The van der Waals surface area contributed by atoms with Crippen LogP contribution in [-0.2, 0) is 6.54 Å². The molecule has 6 heteroatoms. The lowest BCUT2D eigenvalue weighted by Gasteiger charge is -2.06. The molecule has 0 saturated heterocycles. The molecule has 5 nitrogen and oxygen atoms in total. The molecule has 0 aliphatic heterocycles. The second-order valence-corrected chi connectivity index (χ2v) is 4.54. The van der Waals surface area contributed by atoms with Crippen LogP contribution in [0.15, 0.2) is 48.5 Å². The monoisotopic (exact) mass is 283 g/mol. The van der Waals surface area contributed by atoms with Crippen molar-refractivity contribution < 1.29 is 19.6 Å². The summed E-state index contributed by atoms with van der Waals surface area (Å²) >= 11 is 0. The predicted octanol–water partition coefficient (Wildman–Crippen LogP) is 0.109. The number of nitrogens with one attached hydrogen (secondary N) is 1. The van der Waals surface area contributed by atoms with Gasteiger partial charge in [-0.1, -0.05) is 36.4 Å². The van der Waals surface area contributed by atoms with Crippen LogP contribution in [0.1, 0.15) is 26.3 Å². The predicted molar refractivity (Wildman–Crippen MR) is 79.3 cm³/mol. The zero-order valence-corrected chi connectivity index (χ0v) is 11.2. The fourth-order valence-electron chi connectivity index (χ4n) is 1.81. The van der Waals surface area contributed by atoms with Crippen LogP contribution in [0, 0.1) is 0 Å². The summed E-state index contributed by atoms with van der Waals surface area (Å²) in [5, 5.41) is 20.7. The normalized spacial score (nSPS) is 10.0. The fraction of sp³-hybridized carbons (Fsp3) is 0.0667. The Bertz CT molecular complexity index is 623. The van der Waals surface area contributed by atoms with E-state index >= 15 is 0 Å². The van der Waals surface area contributed by atoms with Gasteiger partial charge in [0.15, 0.2) is 0 Å². The first-order valence-corrected chi connectivity index (χ1v) is 6.38. The average molecular weight is 283 g/mol. The van der Waals surface area contributed by atoms with Gasteiger partial charge in [0.05, 0.1) is 0 Å². The minimum Gasteiger partial charge on any atom is -0.423 e. The number of aldehydes is 1. The topological polar surface area (TPSA) is 86.6 Å². The Labute approximate surface area is 122 Å². The molecule has 2 aromatic rings. The Hall–Kier alpha value is -2.44. The number of carbonyl (C=O) groups is 2. The first kappa shape index (κ1) is 15.0. The molecule has 0 radical (unpaired) electrons. The van der Waals surface area contributed by atoms with Gasteiger partial charge in [0.1, 0.15) is 6.29 Å². The number of benzene rings is 2. The molecule has 2 rings (SSSR count). The highest BCUT2D eigenvalue weighted by atomic mass is 16.4. The molecule has 0 aromatic heterocycles. The van der Waals surface area contributed by atoms with E-state index in [4.69, 9.17) is 10.0 Å². The molecule has 2 aromatic carbocycles. The van der Waals surface area contributed by atoms with Crippen LogP contribution in [0.25, 0.3) is 0 Å². The molecular weight excluding hydrogens is 269 g/mol. The molecule has 21 heavy (non-hydrogen) atoms. The second-order valence-electron chi connectivity index (χ2n) is 4.54. The van der Waals surface area contributed by atoms with E-state index < -0.39 is 7.12 Å². The van der Waals surface area contributed by atoms with Gasteiger partial charge in [-0.25, -0.2) is 0 Å². The van der Waals surface area contributed by atoms with Gasteiger partial charge < -0.3 is 15.4 Å². The van der Waals surface area contributed by atoms with Crippen molar-refractivity contribution >= 4 is 24.8 Å². The van der Waals surface area contributed by atoms with Crippen molar-refractivity contribution in [3.63, 3.8) is 0 Å². The van der Waals surface area contributed by atoms with E-state index in [0.717, 1.165) is 11.8 Å². The van der Waals surface area contributed by atoms with Crippen LogP contribution in [0.5, 0.6) is 0 Å². The van der Waals surface area contributed by atoms with Crippen molar-refractivity contribution in [2.45, 2.75) is 6.54 Å². The van der Waals surface area contributed by atoms with Gasteiger partial charge >= 0.3 is 7.12 Å². The van der Waals surface area contributed by atoms with E-state index in [1.807, 2.05) is 0 Å². The van der Waals surface area contributed by atoms with Gasteiger partial charge in [0.2, 0.25) is 0 Å². The van der Waals surface area contributed by atoms with E-state index in [9.17, 15) is 9.59 Å². The summed E-state index contributed by atoms with van der Waals surface area (Å²) < 4.78 is 0. The molecular formula is C15H14BNO4. The number of carbonyl (C=O) groups excluding carboxylic acids is 2. The Morgan fingerprint density at radius 1 is 1.05 bits per heavy atom. The number of hydrogen-bond acceptors (Lipinski definition) is 4. The summed E-state index contributed by atoms with van der Waals surface area (Å²) in [6.07, 6.45) is 0.721. The summed E-state index contributed by atoms with van der Waals surface area (Å²) in [4.78, 5) is 22.5. The maximum absolute atomic E-state index is 11.9. The van der Waals surface area contributed by atoms with E-state index in [1.54, 1.807) is 48.5 Å². The van der Waals surface area contributed by atoms with Crippen LogP contribution in [0.2, 0.25) is 0 Å². The van der Waals surface area contributed by atoms with Crippen LogP contribution in [0.4, 0.5) is 0 Å². The lowest BCUT2D eigenvalue weighted by molar-refractivity contribution is 0.0950. The summed E-state index contributed by atoms with van der Waals surface area (Å²) in [6.45, 7) is 0.329. The maximum Gasteiger partial charge on any atom is 0.488 e. The molecule has 0 heterocycles. The van der Waals surface area contributed by atoms with Gasteiger partial charge in [-0.3, -0.25) is 9.59 Å². The van der Waals surface area contributed by atoms with Crippen molar-refractivity contribution in [3.05, 3.63) is 65.2 Å². The smallest absolute Gasteiger partial charge is 0.423 e. The summed E-state index contributed by atoms with van der Waals surface area (Å²) in [5.41, 5.74) is 2.24. The highest BCUT2D eigenvalue weighted by Crippen LogP contribution is 2.03. The van der Waals surface area contributed by atoms with E-state index in [2.05, 4.69) is 5.32 Å². The molecule has 0 unspecified atom stereocenters. The summed E-state index contributed by atoms with van der Waals surface area (Å²) in [7, 11) is -1.50. The standard InChI is InChI=1S/C15H14BNO4/c18-10-12-1-5-13(6-2-12)15(19)17-9-11-3-7-14(8-4-11)16(20)21/h1-8,10,20-21H,9H2,(H,17,19). The van der Waals surface area contributed by atoms with Crippen molar-refractivity contribution in [1.82, 2.24) is 5.32 Å². The zero-order chi connectivity index (χ0) is 15.2. The van der Waals surface area contributed by atoms with Crippen molar-refractivity contribution in [2.75, 3.05) is 0 Å². The van der Waals surface area contributed by atoms with Crippen molar-refractivity contribution in [3.8, 4) is 0 Å². The third-order valence-electron chi connectivity index (χ3n) is 3.04. The largest absolute Gasteiger partial charge is 0.488 e. The van der Waals surface area contributed by atoms with Gasteiger partial charge in [-0.05, 0) is 23.2 Å². The van der Waals surface area contributed by atoms with Crippen LogP contribution < -0.4 is 10.8 Å². The fourth-order valence-corrected chi connectivity index (χ4v) is 1.81. The first-order valence-electron chi connectivity index (χ1n) is 6.38. The lowest BCUT2D eigenvalue weighted by Crippen LogP contribution is -2.29. The highest BCUT2D eigenvalue weighted by Gasteiger charge is 2.10. The van der Waals surface area contributed by atoms with Gasteiger partial charge in [0.25, 0.3) is 5.91 Å². The molecule has 3 N–H and O–H groups in total. The summed E-state index contributed by atoms with van der Waals surface area (Å²) in [5.74, 6) is -0.237. The van der Waals surface area contributed by atoms with Gasteiger partial charge in [-0.2, -0.15) is 0 Å². The molecule has 1 amide bonds. The number of rotatable bonds is 5. The minimum absolute atomic E-state index is 0.237. The molecule has 0 saturated carbocycles. The molecule has 0 atom stereocenters. The average Bonchev–Trinajstić information content (AvgIpc) is 2.53. The molecule has 0 aliphatic rings. The maximum atomic E-state index is 11.9. The minimum atomic E-state index is -1.50. The third-order valence-corrected chi connectivity index (χ3v) is 3.04.